The van der Waals surface area contributed by atoms with Crippen molar-refractivity contribution in [1.29, 1.82) is 0 Å². The van der Waals surface area contributed by atoms with Gasteiger partial charge in [0.1, 0.15) is 5.01 Å². The van der Waals surface area contributed by atoms with Gasteiger partial charge in [-0.15, -0.1) is 11.3 Å². The summed E-state index contributed by atoms with van der Waals surface area (Å²) < 4.78 is 0. The summed E-state index contributed by atoms with van der Waals surface area (Å²) in [5, 5.41) is 6.00. The summed E-state index contributed by atoms with van der Waals surface area (Å²) in [5.41, 5.74) is 3.50. The van der Waals surface area contributed by atoms with Crippen molar-refractivity contribution in [1.82, 2.24) is 15.2 Å². The highest BCUT2D eigenvalue weighted by atomic mass is 32.1. The van der Waals surface area contributed by atoms with Gasteiger partial charge in [0.2, 0.25) is 5.91 Å². The van der Waals surface area contributed by atoms with Gasteiger partial charge in [0.25, 0.3) is 0 Å². The first kappa shape index (κ1) is 17.6. The van der Waals surface area contributed by atoms with E-state index in [1.807, 2.05) is 18.9 Å². The number of benzene rings is 1. The molecule has 0 atom stereocenters. The van der Waals surface area contributed by atoms with Crippen molar-refractivity contribution in [2.24, 2.45) is 0 Å². The van der Waals surface area contributed by atoms with Gasteiger partial charge in [-0.05, 0) is 25.5 Å². The van der Waals surface area contributed by atoms with Crippen molar-refractivity contribution in [2.45, 2.75) is 33.2 Å². The van der Waals surface area contributed by atoms with E-state index in [-0.39, 0.29) is 5.91 Å². The highest BCUT2D eigenvalue weighted by molar-refractivity contribution is 7.13. The molecule has 0 saturated carbocycles. The van der Waals surface area contributed by atoms with Crippen molar-refractivity contribution in [3.63, 3.8) is 0 Å². The predicted octanol–water partition coefficient (Wildman–Crippen LogP) is 3.33. The molecule has 0 saturated heterocycles. The van der Waals surface area contributed by atoms with Crippen molar-refractivity contribution < 1.29 is 4.79 Å². The number of carbonyl (C=O) groups excluding carboxylic acids is 1. The zero-order valence-electron chi connectivity index (χ0n) is 14.1. The van der Waals surface area contributed by atoms with Crippen LogP contribution in [0.1, 0.15) is 31.5 Å². The van der Waals surface area contributed by atoms with Gasteiger partial charge in [0, 0.05) is 24.0 Å². The van der Waals surface area contributed by atoms with Crippen LogP contribution < -0.4 is 5.32 Å². The minimum absolute atomic E-state index is 0.0694. The first-order chi connectivity index (χ1) is 11.1. The maximum atomic E-state index is 11.7. The molecule has 0 aliphatic heterocycles. The van der Waals surface area contributed by atoms with Gasteiger partial charge >= 0.3 is 0 Å². The van der Waals surface area contributed by atoms with Crippen molar-refractivity contribution >= 4 is 17.2 Å². The second kappa shape index (κ2) is 8.79. The zero-order chi connectivity index (χ0) is 16.7. The molecule has 1 N–H and O–H groups in total. The Kier molecular flexibility index (Phi) is 6.74. The smallest absolute Gasteiger partial charge is 0.234 e. The predicted molar refractivity (Wildman–Crippen MR) is 96.6 cm³/mol. The monoisotopic (exact) mass is 331 g/mol. The Morgan fingerprint density at radius 3 is 2.65 bits per heavy atom. The minimum atomic E-state index is 0.0694. The molecular weight excluding hydrogens is 306 g/mol. The molecule has 0 fully saturated rings. The number of amides is 1. The topological polar surface area (TPSA) is 45.2 Å². The molecule has 0 aliphatic carbocycles. The molecule has 1 amide bonds. The van der Waals surface area contributed by atoms with Gasteiger partial charge in [-0.2, -0.15) is 0 Å². The maximum absolute atomic E-state index is 11.7. The lowest BCUT2D eigenvalue weighted by atomic mass is 10.1. The second-order valence-electron chi connectivity index (χ2n) is 5.72. The molecule has 1 heterocycles. The third kappa shape index (κ3) is 5.44. The van der Waals surface area contributed by atoms with E-state index in [1.165, 1.54) is 5.56 Å². The Hall–Kier alpha value is -1.72. The van der Waals surface area contributed by atoms with Crippen LogP contribution in [0.2, 0.25) is 0 Å². The van der Waals surface area contributed by atoms with Crippen molar-refractivity contribution in [3.05, 3.63) is 40.9 Å². The summed E-state index contributed by atoms with van der Waals surface area (Å²) >= 11 is 1.65. The van der Waals surface area contributed by atoms with Crippen LogP contribution in [0, 0.1) is 0 Å². The SMILES string of the molecule is CCCNC(=O)CN(C)Cc1csc(-c2ccc(CC)cc2)n1. The molecule has 4 nitrogen and oxygen atoms in total. The highest BCUT2D eigenvalue weighted by Gasteiger charge is 2.10. The van der Waals surface area contributed by atoms with Crippen LogP contribution in [-0.2, 0) is 17.8 Å². The standard InChI is InChI=1S/C18H25N3OS/c1-4-10-19-17(22)12-21(3)11-16-13-23-18(20-16)15-8-6-14(5-2)7-9-15/h6-9,13H,4-5,10-12H2,1-3H3,(H,19,22). The Morgan fingerprint density at radius 2 is 2.00 bits per heavy atom. The normalized spacial score (nSPS) is 11.0. The third-order valence-electron chi connectivity index (χ3n) is 3.58. The molecule has 0 aliphatic rings. The number of carbonyl (C=O) groups is 1. The lowest BCUT2D eigenvalue weighted by molar-refractivity contribution is -0.122. The van der Waals surface area contributed by atoms with E-state index in [9.17, 15) is 4.79 Å². The fraction of sp³-hybridized carbons (Fsp3) is 0.444. The lowest BCUT2D eigenvalue weighted by Crippen LogP contribution is -2.35. The number of hydrogen-bond acceptors (Lipinski definition) is 4. The Bertz CT molecular complexity index is 621. The largest absolute Gasteiger partial charge is 0.355 e. The summed E-state index contributed by atoms with van der Waals surface area (Å²) in [4.78, 5) is 18.4. The molecule has 0 unspecified atom stereocenters. The first-order valence-corrected chi connectivity index (χ1v) is 8.99. The Labute approximate surface area is 142 Å². The van der Waals surface area contributed by atoms with Gasteiger partial charge in [-0.25, -0.2) is 4.98 Å². The molecular formula is C18H25N3OS. The summed E-state index contributed by atoms with van der Waals surface area (Å²) in [6.07, 6.45) is 2.01. The summed E-state index contributed by atoms with van der Waals surface area (Å²) in [6.45, 7) is 6.03. The van der Waals surface area contributed by atoms with E-state index >= 15 is 0 Å². The highest BCUT2D eigenvalue weighted by Crippen LogP contribution is 2.24. The van der Waals surface area contributed by atoms with Crippen LogP contribution in [0.25, 0.3) is 10.6 Å². The first-order valence-electron chi connectivity index (χ1n) is 8.11. The van der Waals surface area contributed by atoms with E-state index in [0.717, 1.165) is 35.7 Å². The fourth-order valence-corrected chi connectivity index (χ4v) is 3.11. The van der Waals surface area contributed by atoms with Crippen LogP contribution >= 0.6 is 11.3 Å². The Morgan fingerprint density at radius 1 is 1.26 bits per heavy atom. The van der Waals surface area contributed by atoms with Gasteiger partial charge in [0.15, 0.2) is 0 Å². The van der Waals surface area contributed by atoms with E-state index in [2.05, 4.69) is 41.9 Å². The average molecular weight is 331 g/mol. The van der Waals surface area contributed by atoms with Crippen molar-refractivity contribution in [3.8, 4) is 10.6 Å². The summed E-state index contributed by atoms with van der Waals surface area (Å²) in [6, 6.07) is 8.56. The number of nitrogens with one attached hydrogen (secondary N) is 1. The molecule has 1 aromatic carbocycles. The molecule has 2 aromatic rings. The van der Waals surface area contributed by atoms with Crippen LogP contribution in [0.5, 0.6) is 0 Å². The Balaban J connectivity index is 1.92. The van der Waals surface area contributed by atoms with Crippen LogP contribution in [0.4, 0.5) is 0 Å². The third-order valence-corrected chi connectivity index (χ3v) is 4.52. The summed E-state index contributed by atoms with van der Waals surface area (Å²) in [5.74, 6) is 0.0694. The maximum Gasteiger partial charge on any atom is 0.234 e. The molecule has 0 bridgehead atoms. The number of nitrogens with zero attached hydrogens (tertiary/aromatic N) is 2. The average Bonchev–Trinajstić information content (AvgIpc) is 3.01. The van der Waals surface area contributed by atoms with E-state index in [0.29, 0.717) is 13.1 Å². The van der Waals surface area contributed by atoms with Gasteiger partial charge in [-0.1, -0.05) is 38.1 Å². The second-order valence-corrected chi connectivity index (χ2v) is 6.57. The van der Waals surface area contributed by atoms with E-state index < -0.39 is 0 Å². The van der Waals surface area contributed by atoms with Gasteiger partial charge in [-0.3, -0.25) is 9.69 Å². The summed E-state index contributed by atoms with van der Waals surface area (Å²) in [7, 11) is 1.95. The number of hydrogen-bond donors (Lipinski definition) is 1. The number of thiazole rings is 1. The van der Waals surface area contributed by atoms with Crippen molar-refractivity contribution in [2.75, 3.05) is 20.1 Å². The molecule has 0 radical (unpaired) electrons. The number of aromatic nitrogens is 1. The quantitative estimate of drug-likeness (QED) is 0.807. The van der Waals surface area contributed by atoms with Gasteiger partial charge in [0.05, 0.1) is 12.2 Å². The molecule has 2 rings (SSSR count). The molecule has 23 heavy (non-hydrogen) atoms. The van der Waals surface area contributed by atoms with E-state index in [4.69, 9.17) is 4.98 Å². The number of likely N-dealkylation sites (N-methyl/N-ethyl adjacent to an activating group) is 1. The van der Waals surface area contributed by atoms with E-state index in [1.54, 1.807) is 11.3 Å². The molecule has 5 heteroatoms. The molecule has 124 valence electrons. The molecule has 0 spiro atoms. The molecule has 1 aromatic heterocycles. The lowest BCUT2D eigenvalue weighted by Gasteiger charge is -2.14. The fourth-order valence-electron chi connectivity index (χ4n) is 2.29. The minimum Gasteiger partial charge on any atom is -0.355 e. The number of aryl methyl sites for hydroxylation is 1. The van der Waals surface area contributed by atoms with Crippen LogP contribution in [-0.4, -0.2) is 35.9 Å². The van der Waals surface area contributed by atoms with Crippen LogP contribution in [0.3, 0.4) is 0 Å². The van der Waals surface area contributed by atoms with Crippen LogP contribution in [0.15, 0.2) is 29.6 Å². The number of rotatable bonds is 8. The zero-order valence-corrected chi connectivity index (χ0v) is 14.9. The van der Waals surface area contributed by atoms with Gasteiger partial charge < -0.3 is 5.32 Å².